The molecule has 0 saturated heterocycles. The molecule has 6 aromatic heterocycles. The van der Waals surface area contributed by atoms with Crippen LogP contribution in [-0.2, 0) is 0 Å². The van der Waals surface area contributed by atoms with Gasteiger partial charge in [0.25, 0.3) is 0 Å². The first-order chi connectivity index (χ1) is 27.6. The average Bonchev–Trinajstić information content (AvgIpc) is 3.92. The van der Waals surface area contributed by atoms with E-state index in [4.69, 9.17) is 17.2 Å². The van der Waals surface area contributed by atoms with Crippen molar-refractivity contribution < 1.29 is 0 Å². The average molecular weight is 766 g/mol. The van der Waals surface area contributed by atoms with Gasteiger partial charge in [0, 0.05) is 74.9 Å². The second kappa shape index (κ2) is 16.8. The van der Waals surface area contributed by atoms with Crippen molar-refractivity contribution >= 4 is 67.5 Å². The molecule has 9 N–H and O–H groups in total. The molecule has 0 radical (unpaired) electrons. The van der Waals surface area contributed by atoms with Crippen LogP contribution in [0, 0.1) is 41.5 Å². The van der Waals surface area contributed by atoms with Crippen molar-refractivity contribution in [2.24, 2.45) is 17.2 Å². The zero-order valence-electron chi connectivity index (χ0n) is 33.4. The zero-order valence-corrected chi connectivity index (χ0v) is 33.4. The maximum absolute atomic E-state index is 5.54. The van der Waals surface area contributed by atoms with Crippen LogP contribution in [0.4, 0.5) is 17.5 Å². The number of nitrogens with zero attached hydrogens (tertiary/aromatic N) is 9. The second-order valence-electron chi connectivity index (χ2n) is 14.2. The predicted octanol–water partition coefficient (Wildman–Crippen LogP) is 5.61. The number of fused-ring (bicyclic) bond motifs is 9. The fourth-order valence-corrected chi connectivity index (χ4v) is 6.88. The van der Waals surface area contributed by atoms with E-state index in [1.54, 1.807) is 0 Å². The SMILES string of the molecule is Cc1ccc2nc(NCCN)c3ncc(C)n3c2c1.Cc1ccc2nc(NCCN)c3ncc(C)n3c2c1.Cc1ccc2nc(NCCN)c3ncc(C)n3c2c1. The van der Waals surface area contributed by atoms with Gasteiger partial charge in [-0.1, -0.05) is 18.2 Å². The van der Waals surface area contributed by atoms with Gasteiger partial charge >= 0.3 is 0 Å². The largest absolute Gasteiger partial charge is 0.366 e. The van der Waals surface area contributed by atoms with Crippen LogP contribution in [0.1, 0.15) is 33.8 Å². The van der Waals surface area contributed by atoms with E-state index < -0.39 is 0 Å². The molecule has 294 valence electrons. The van der Waals surface area contributed by atoms with Crippen LogP contribution >= 0.6 is 0 Å². The number of imidazole rings is 3. The highest BCUT2D eigenvalue weighted by Crippen LogP contribution is 2.26. The lowest BCUT2D eigenvalue weighted by atomic mass is 10.2. The highest BCUT2D eigenvalue weighted by molar-refractivity contribution is 5.86. The molecule has 0 aliphatic carbocycles. The van der Waals surface area contributed by atoms with Crippen molar-refractivity contribution in [3.63, 3.8) is 0 Å². The molecule has 0 amide bonds. The highest BCUT2D eigenvalue weighted by Gasteiger charge is 2.14. The van der Waals surface area contributed by atoms with E-state index in [-0.39, 0.29) is 0 Å². The van der Waals surface area contributed by atoms with E-state index in [0.717, 1.165) is 84.6 Å². The summed E-state index contributed by atoms with van der Waals surface area (Å²) in [5, 5.41) is 9.71. The summed E-state index contributed by atoms with van der Waals surface area (Å²) in [7, 11) is 0. The molecule has 57 heavy (non-hydrogen) atoms. The van der Waals surface area contributed by atoms with Crippen LogP contribution in [-0.4, -0.2) is 82.4 Å². The Morgan fingerprint density at radius 1 is 0.439 bits per heavy atom. The number of hydrogen-bond acceptors (Lipinski definition) is 12. The molecule has 0 atom stereocenters. The summed E-state index contributed by atoms with van der Waals surface area (Å²) in [6.45, 7) is 16.2. The van der Waals surface area contributed by atoms with Crippen molar-refractivity contribution in [2.75, 3.05) is 55.2 Å². The number of hydrogen-bond donors (Lipinski definition) is 6. The number of nitrogens with one attached hydrogen (secondary N) is 3. The first-order valence-corrected chi connectivity index (χ1v) is 19.2. The fraction of sp³-hybridized carbons (Fsp3) is 0.286. The van der Waals surface area contributed by atoms with Gasteiger partial charge in [-0.2, -0.15) is 0 Å². The Morgan fingerprint density at radius 3 is 0.982 bits per heavy atom. The summed E-state index contributed by atoms with van der Waals surface area (Å²) in [5.41, 5.74) is 32.3. The van der Waals surface area contributed by atoms with E-state index >= 15 is 0 Å². The summed E-state index contributed by atoms with van der Waals surface area (Å²) in [6, 6.07) is 18.7. The third-order valence-corrected chi connectivity index (χ3v) is 9.57. The predicted molar refractivity (Wildman–Crippen MR) is 233 cm³/mol. The van der Waals surface area contributed by atoms with Crippen LogP contribution < -0.4 is 33.2 Å². The number of aromatic nitrogens is 9. The van der Waals surface area contributed by atoms with Gasteiger partial charge in [0.05, 0.1) is 33.1 Å². The summed E-state index contributed by atoms with van der Waals surface area (Å²) < 4.78 is 6.40. The van der Waals surface area contributed by atoms with Crippen molar-refractivity contribution in [3.05, 3.63) is 107 Å². The molecule has 6 heterocycles. The third-order valence-electron chi connectivity index (χ3n) is 9.57. The van der Waals surface area contributed by atoms with Gasteiger partial charge in [-0.3, -0.25) is 13.2 Å². The molecule has 3 aromatic carbocycles. The molecule has 0 unspecified atom stereocenters. The van der Waals surface area contributed by atoms with E-state index in [1.807, 2.05) is 36.8 Å². The first kappa shape index (κ1) is 38.8. The van der Waals surface area contributed by atoms with Crippen LogP contribution in [0.3, 0.4) is 0 Å². The Balaban J connectivity index is 0.000000131. The van der Waals surface area contributed by atoms with Crippen LogP contribution in [0.5, 0.6) is 0 Å². The normalized spacial score (nSPS) is 11.3. The summed E-state index contributed by atoms with van der Waals surface area (Å²) in [5.74, 6) is 2.36. The number of anilines is 3. The molecule has 9 aromatic rings. The Bertz CT molecular complexity index is 2540. The lowest BCUT2D eigenvalue weighted by Crippen LogP contribution is -2.15. The smallest absolute Gasteiger partial charge is 0.180 e. The summed E-state index contributed by atoms with van der Waals surface area (Å²) >= 11 is 0. The van der Waals surface area contributed by atoms with Crippen molar-refractivity contribution in [1.82, 2.24) is 43.1 Å². The van der Waals surface area contributed by atoms with Gasteiger partial charge < -0.3 is 33.2 Å². The molecule has 0 spiro atoms. The standard InChI is InChI=1S/3C14H17N5/c3*1-9-3-4-11-12(7-9)19-10(2)8-17-14(19)13(18-11)16-6-5-15/h3*3-4,7-8H,5-6,15H2,1-2H3,(H,16,18). The zero-order chi connectivity index (χ0) is 40.2. The Kier molecular flexibility index (Phi) is 11.4. The number of benzene rings is 3. The molecule has 9 rings (SSSR count). The lowest BCUT2D eigenvalue weighted by molar-refractivity contribution is 1.01. The maximum atomic E-state index is 5.54. The minimum absolute atomic E-state index is 0.569. The van der Waals surface area contributed by atoms with Gasteiger partial charge in [0.15, 0.2) is 34.4 Å². The minimum Gasteiger partial charge on any atom is -0.366 e. The quantitative estimate of drug-likeness (QED) is 0.106. The Hall–Kier alpha value is -6.42. The number of nitrogens with two attached hydrogens (primary N) is 3. The Labute approximate surface area is 330 Å². The molecular weight excluding hydrogens is 715 g/mol. The monoisotopic (exact) mass is 765 g/mol. The van der Waals surface area contributed by atoms with Gasteiger partial charge in [0.1, 0.15) is 0 Å². The molecular formula is C42H51N15. The van der Waals surface area contributed by atoms with Crippen LogP contribution in [0.25, 0.3) is 50.0 Å². The first-order valence-electron chi connectivity index (χ1n) is 19.2. The number of rotatable bonds is 9. The van der Waals surface area contributed by atoms with Crippen molar-refractivity contribution in [1.29, 1.82) is 0 Å². The molecule has 0 aliphatic heterocycles. The summed E-state index contributed by atoms with van der Waals surface area (Å²) in [6.07, 6.45) is 5.60. The topological polar surface area (TPSA) is 205 Å². The molecule has 15 heteroatoms. The van der Waals surface area contributed by atoms with E-state index in [2.05, 4.69) is 137 Å². The van der Waals surface area contributed by atoms with E-state index in [1.165, 1.54) is 16.7 Å². The van der Waals surface area contributed by atoms with Gasteiger partial charge in [-0.15, -0.1) is 0 Å². The van der Waals surface area contributed by atoms with Crippen LogP contribution in [0.15, 0.2) is 73.2 Å². The molecule has 0 bridgehead atoms. The van der Waals surface area contributed by atoms with E-state index in [9.17, 15) is 0 Å². The van der Waals surface area contributed by atoms with Crippen LogP contribution in [0.2, 0.25) is 0 Å². The number of aryl methyl sites for hydroxylation is 6. The molecule has 0 saturated carbocycles. The molecule has 0 fully saturated rings. The van der Waals surface area contributed by atoms with Gasteiger partial charge in [-0.25, -0.2) is 29.9 Å². The third kappa shape index (κ3) is 7.85. The van der Waals surface area contributed by atoms with Gasteiger partial charge in [-0.05, 0) is 94.6 Å². The van der Waals surface area contributed by atoms with E-state index in [0.29, 0.717) is 39.3 Å². The molecule has 0 aliphatic rings. The second-order valence-corrected chi connectivity index (χ2v) is 14.2. The van der Waals surface area contributed by atoms with Crippen molar-refractivity contribution in [3.8, 4) is 0 Å². The van der Waals surface area contributed by atoms with Crippen molar-refractivity contribution in [2.45, 2.75) is 41.5 Å². The summed E-state index contributed by atoms with van der Waals surface area (Å²) in [4.78, 5) is 27.3. The lowest BCUT2D eigenvalue weighted by Gasteiger charge is -2.10. The maximum Gasteiger partial charge on any atom is 0.180 e. The Morgan fingerprint density at radius 2 is 0.719 bits per heavy atom. The fourth-order valence-electron chi connectivity index (χ4n) is 6.88. The molecule has 15 nitrogen and oxygen atoms in total. The minimum atomic E-state index is 0.569. The van der Waals surface area contributed by atoms with Gasteiger partial charge in [0.2, 0.25) is 0 Å². The highest BCUT2D eigenvalue weighted by atomic mass is 15.1.